The van der Waals surface area contributed by atoms with E-state index in [-0.39, 0.29) is 6.10 Å². The van der Waals surface area contributed by atoms with Gasteiger partial charge in [-0.15, -0.1) is 0 Å². The van der Waals surface area contributed by atoms with Crippen LogP contribution in [-0.4, -0.2) is 5.11 Å². The predicted octanol–water partition coefficient (Wildman–Crippen LogP) is 4.41. The zero-order chi connectivity index (χ0) is 13.7. The van der Waals surface area contributed by atoms with E-state index in [2.05, 4.69) is 37.3 Å². The van der Waals surface area contributed by atoms with E-state index in [4.69, 9.17) is 0 Å². The van der Waals surface area contributed by atoms with Crippen LogP contribution in [-0.2, 0) is 12.8 Å². The van der Waals surface area contributed by atoms with Gasteiger partial charge in [0.25, 0.3) is 0 Å². The van der Waals surface area contributed by atoms with Crippen LogP contribution in [0.5, 0.6) is 0 Å². The first-order valence-corrected chi connectivity index (χ1v) is 7.97. The van der Waals surface area contributed by atoms with E-state index in [0.29, 0.717) is 11.8 Å². The Morgan fingerprint density at radius 1 is 1.05 bits per heavy atom. The minimum atomic E-state index is -0.294. The summed E-state index contributed by atoms with van der Waals surface area (Å²) >= 11 is 0. The number of benzene rings is 2. The molecule has 2 aliphatic rings. The molecule has 0 saturated heterocycles. The van der Waals surface area contributed by atoms with Crippen LogP contribution < -0.4 is 0 Å². The summed E-state index contributed by atoms with van der Waals surface area (Å²) in [5.41, 5.74) is 4.09. The molecule has 1 fully saturated rings. The Morgan fingerprint density at radius 2 is 1.85 bits per heavy atom. The van der Waals surface area contributed by atoms with Crippen molar-refractivity contribution in [3.63, 3.8) is 0 Å². The topological polar surface area (TPSA) is 20.2 Å². The Balaban J connectivity index is 1.85. The predicted molar refractivity (Wildman–Crippen MR) is 82.8 cm³/mol. The van der Waals surface area contributed by atoms with E-state index in [1.54, 1.807) is 0 Å². The third kappa shape index (κ3) is 1.73. The molecule has 0 aromatic heterocycles. The fourth-order valence-electron chi connectivity index (χ4n) is 4.40. The second-order valence-electron chi connectivity index (χ2n) is 6.67. The lowest BCUT2D eigenvalue weighted by Crippen LogP contribution is -2.15. The van der Waals surface area contributed by atoms with Gasteiger partial charge in [0.2, 0.25) is 0 Å². The van der Waals surface area contributed by atoms with Gasteiger partial charge in [-0.1, -0.05) is 50.1 Å². The van der Waals surface area contributed by atoms with Crippen molar-refractivity contribution in [1.29, 1.82) is 0 Å². The van der Waals surface area contributed by atoms with Crippen molar-refractivity contribution >= 4 is 10.8 Å². The Kier molecular flexibility index (Phi) is 2.85. The Hall–Kier alpha value is -1.34. The minimum absolute atomic E-state index is 0.294. The van der Waals surface area contributed by atoms with E-state index in [0.717, 1.165) is 18.4 Å². The van der Waals surface area contributed by atoms with Gasteiger partial charge in [0.05, 0.1) is 6.10 Å². The highest BCUT2D eigenvalue weighted by molar-refractivity contribution is 5.93. The fraction of sp³-hybridized carbons (Fsp3) is 0.474. The van der Waals surface area contributed by atoms with E-state index in [1.165, 1.54) is 41.2 Å². The number of hydrogen-bond donors (Lipinski definition) is 1. The van der Waals surface area contributed by atoms with Gasteiger partial charge in [-0.25, -0.2) is 0 Å². The van der Waals surface area contributed by atoms with E-state index >= 15 is 0 Å². The van der Waals surface area contributed by atoms with Crippen molar-refractivity contribution in [2.75, 3.05) is 0 Å². The van der Waals surface area contributed by atoms with Gasteiger partial charge < -0.3 is 5.11 Å². The maximum absolute atomic E-state index is 10.9. The molecule has 4 rings (SSSR count). The van der Waals surface area contributed by atoms with Gasteiger partial charge in [0, 0.05) is 0 Å². The second-order valence-corrected chi connectivity index (χ2v) is 6.67. The lowest BCUT2D eigenvalue weighted by atomic mass is 9.85. The molecule has 3 unspecified atom stereocenters. The molecule has 1 saturated carbocycles. The molecule has 2 aromatic carbocycles. The third-order valence-electron chi connectivity index (χ3n) is 5.56. The number of hydrogen-bond acceptors (Lipinski definition) is 1. The molecule has 0 bridgehead atoms. The quantitative estimate of drug-likeness (QED) is 0.853. The van der Waals surface area contributed by atoms with E-state index in [1.807, 2.05) is 0 Å². The highest BCUT2D eigenvalue weighted by Crippen LogP contribution is 2.43. The smallest absolute Gasteiger partial charge is 0.0826 e. The van der Waals surface area contributed by atoms with Gasteiger partial charge in [0.1, 0.15) is 0 Å². The van der Waals surface area contributed by atoms with Crippen LogP contribution in [0.3, 0.4) is 0 Å². The van der Waals surface area contributed by atoms with Crippen molar-refractivity contribution < 1.29 is 5.11 Å². The van der Waals surface area contributed by atoms with Crippen LogP contribution in [0.15, 0.2) is 30.3 Å². The highest BCUT2D eigenvalue weighted by atomic mass is 16.3. The zero-order valence-electron chi connectivity index (χ0n) is 12.1. The Bertz CT molecular complexity index is 648. The molecule has 0 amide bonds. The molecule has 0 radical (unpaired) electrons. The summed E-state index contributed by atoms with van der Waals surface area (Å²) in [5.74, 6) is 1.08. The molecule has 0 heterocycles. The van der Waals surface area contributed by atoms with Crippen LogP contribution in [0, 0.1) is 11.8 Å². The summed E-state index contributed by atoms with van der Waals surface area (Å²) in [6, 6.07) is 11.0. The van der Waals surface area contributed by atoms with E-state index in [9.17, 15) is 5.11 Å². The summed E-state index contributed by atoms with van der Waals surface area (Å²) in [5, 5.41) is 13.6. The number of aryl methyl sites for hydroxylation is 2. The first-order chi connectivity index (χ1) is 9.75. The molecule has 2 aliphatic carbocycles. The van der Waals surface area contributed by atoms with Crippen LogP contribution in [0.2, 0.25) is 0 Å². The minimum Gasteiger partial charge on any atom is -0.388 e. The van der Waals surface area contributed by atoms with Crippen molar-refractivity contribution in [3.05, 3.63) is 47.0 Å². The molecule has 0 spiro atoms. The summed E-state index contributed by atoms with van der Waals surface area (Å²) < 4.78 is 0. The first-order valence-electron chi connectivity index (χ1n) is 7.97. The summed E-state index contributed by atoms with van der Waals surface area (Å²) in [7, 11) is 0. The molecule has 20 heavy (non-hydrogen) atoms. The standard InChI is InChI=1S/C19H22O/c1-12-4-2-6-15(12)19(20)17-11-10-14-9-8-13-5-3-7-16(17)18(13)14/h3,5,7,10-12,15,19-20H,2,4,6,8-9H2,1H3. The monoisotopic (exact) mass is 266 g/mol. The molecule has 0 aliphatic heterocycles. The number of aliphatic hydroxyl groups excluding tert-OH is 1. The van der Waals surface area contributed by atoms with E-state index < -0.39 is 0 Å². The van der Waals surface area contributed by atoms with Gasteiger partial charge in [-0.3, -0.25) is 0 Å². The lowest BCUT2D eigenvalue weighted by molar-refractivity contribution is 0.0913. The third-order valence-corrected chi connectivity index (χ3v) is 5.56. The van der Waals surface area contributed by atoms with Crippen LogP contribution >= 0.6 is 0 Å². The van der Waals surface area contributed by atoms with Crippen molar-refractivity contribution in [2.45, 2.75) is 45.1 Å². The average Bonchev–Trinajstić information content (AvgIpc) is 3.07. The van der Waals surface area contributed by atoms with Gasteiger partial charge in [0.15, 0.2) is 0 Å². The number of aliphatic hydroxyl groups is 1. The highest BCUT2D eigenvalue weighted by Gasteiger charge is 2.32. The molecule has 104 valence electrons. The molecule has 3 atom stereocenters. The molecular weight excluding hydrogens is 244 g/mol. The Morgan fingerprint density at radius 3 is 2.60 bits per heavy atom. The lowest BCUT2D eigenvalue weighted by Gasteiger charge is -2.24. The largest absolute Gasteiger partial charge is 0.388 e. The SMILES string of the molecule is CC1CCCC1C(O)c1ccc2c3c(cccc13)CC2. The molecule has 1 N–H and O–H groups in total. The van der Waals surface area contributed by atoms with Gasteiger partial charge in [-0.05, 0) is 58.6 Å². The maximum Gasteiger partial charge on any atom is 0.0826 e. The second kappa shape index (κ2) is 4.60. The Labute approximate surface area is 120 Å². The molecule has 1 heteroatoms. The summed E-state index contributed by atoms with van der Waals surface area (Å²) in [6.07, 6.45) is 5.73. The molecular formula is C19H22O. The van der Waals surface area contributed by atoms with Gasteiger partial charge in [-0.2, -0.15) is 0 Å². The van der Waals surface area contributed by atoms with Crippen molar-refractivity contribution in [3.8, 4) is 0 Å². The van der Waals surface area contributed by atoms with Crippen LogP contribution in [0.25, 0.3) is 10.8 Å². The molecule has 1 nitrogen and oxygen atoms in total. The fourth-order valence-corrected chi connectivity index (χ4v) is 4.40. The zero-order valence-corrected chi connectivity index (χ0v) is 12.1. The first kappa shape index (κ1) is 12.4. The summed E-state index contributed by atoms with van der Waals surface area (Å²) in [4.78, 5) is 0. The number of rotatable bonds is 2. The maximum atomic E-state index is 10.9. The summed E-state index contributed by atoms with van der Waals surface area (Å²) in [6.45, 7) is 2.29. The molecule has 2 aromatic rings. The van der Waals surface area contributed by atoms with Crippen LogP contribution in [0.4, 0.5) is 0 Å². The van der Waals surface area contributed by atoms with Crippen molar-refractivity contribution in [1.82, 2.24) is 0 Å². The normalized spacial score (nSPS) is 26.3. The van der Waals surface area contributed by atoms with Crippen LogP contribution in [0.1, 0.15) is 49.0 Å². The van der Waals surface area contributed by atoms with Gasteiger partial charge >= 0.3 is 0 Å². The average molecular weight is 266 g/mol. The van der Waals surface area contributed by atoms with Crippen molar-refractivity contribution in [2.24, 2.45) is 11.8 Å².